The molecule has 6 rings (SSSR count). The zero-order valence-corrected chi connectivity index (χ0v) is 19.6. The second-order valence-corrected chi connectivity index (χ2v) is 8.82. The van der Waals surface area contributed by atoms with Gasteiger partial charge in [0.25, 0.3) is 0 Å². The van der Waals surface area contributed by atoms with Crippen molar-refractivity contribution in [2.24, 2.45) is 0 Å². The summed E-state index contributed by atoms with van der Waals surface area (Å²) >= 11 is 0. The van der Waals surface area contributed by atoms with Gasteiger partial charge in [-0.1, -0.05) is 78.9 Å². The number of anilines is 1. The van der Waals surface area contributed by atoms with Crippen molar-refractivity contribution in [2.45, 2.75) is 12.8 Å². The predicted octanol–water partition coefficient (Wildman–Crippen LogP) is 7.81. The maximum Gasteiger partial charge on any atom is 0.126 e. The van der Waals surface area contributed by atoms with Crippen molar-refractivity contribution in [3.05, 3.63) is 127 Å². The molecule has 2 heterocycles. The van der Waals surface area contributed by atoms with Crippen LogP contribution in [-0.2, 0) is 0 Å². The summed E-state index contributed by atoms with van der Waals surface area (Å²) in [6.45, 7) is 1.38. The molecule has 0 atom stereocenters. The van der Waals surface area contributed by atoms with Gasteiger partial charge in [-0.15, -0.1) is 0 Å². The molecule has 35 heavy (non-hydrogen) atoms. The molecule has 0 spiro atoms. The zero-order chi connectivity index (χ0) is 23.5. The molecule has 3 heteroatoms. The lowest BCUT2D eigenvalue weighted by Gasteiger charge is -2.26. The lowest BCUT2D eigenvalue weighted by Crippen LogP contribution is -2.15. The Morgan fingerprint density at radius 2 is 1.00 bits per heavy atom. The van der Waals surface area contributed by atoms with Crippen LogP contribution in [0.2, 0.25) is 0 Å². The molecule has 0 aromatic heterocycles. The number of ether oxygens (including phenoxy) is 2. The highest BCUT2D eigenvalue weighted by atomic mass is 16.5. The minimum atomic E-state index is 0.691. The van der Waals surface area contributed by atoms with Gasteiger partial charge in [0.2, 0.25) is 0 Å². The van der Waals surface area contributed by atoms with Crippen molar-refractivity contribution in [1.29, 1.82) is 0 Å². The molecule has 0 N–H and O–H groups in total. The molecule has 0 fully saturated rings. The number of para-hydroxylation sites is 2. The average molecular weight is 458 g/mol. The lowest BCUT2D eigenvalue weighted by atomic mass is 9.99. The summed E-state index contributed by atoms with van der Waals surface area (Å²) in [7, 11) is 0. The van der Waals surface area contributed by atoms with E-state index < -0.39 is 0 Å². The highest BCUT2D eigenvalue weighted by Gasteiger charge is 2.19. The molecule has 0 unspecified atom stereocenters. The first-order valence-corrected chi connectivity index (χ1v) is 12.1. The molecule has 0 amide bonds. The Bertz CT molecular complexity index is 1320. The minimum absolute atomic E-state index is 0.691. The van der Waals surface area contributed by atoms with Crippen LogP contribution in [0.25, 0.3) is 22.3 Å². The Hall–Kier alpha value is -4.24. The van der Waals surface area contributed by atoms with E-state index in [2.05, 4.69) is 108 Å². The van der Waals surface area contributed by atoms with Crippen molar-refractivity contribution in [3.8, 4) is 22.6 Å². The SMILES string of the molecule is C(=C1CCOc2ccccc21)N(C=C1CCOc2ccccc21)c1ccc(-c2ccccc2)cc1. The van der Waals surface area contributed by atoms with Gasteiger partial charge in [0, 0.05) is 42.1 Å². The topological polar surface area (TPSA) is 21.7 Å². The van der Waals surface area contributed by atoms with E-state index in [1.165, 1.54) is 22.3 Å². The van der Waals surface area contributed by atoms with E-state index in [1.54, 1.807) is 0 Å². The second-order valence-electron chi connectivity index (χ2n) is 8.82. The van der Waals surface area contributed by atoms with Crippen LogP contribution in [0.1, 0.15) is 24.0 Å². The van der Waals surface area contributed by atoms with Crippen molar-refractivity contribution >= 4 is 16.8 Å². The molecule has 172 valence electrons. The maximum absolute atomic E-state index is 5.91. The van der Waals surface area contributed by atoms with E-state index in [1.807, 2.05) is 12.1 Å². The van der Waals surface area contributed by atoms with E-state index in [9.17, 15) is 0 Å². The quantitative estimate of drug-likeness (QED) is 0.312. The molecule has 0 saturated heterocycles. The van der Waals surface area contributed by atoms with Crippen LogP contribution in [-0.4, -0.2) is 13.2 Å². The van der Waals surface area contributed by atoms with Crippen LogP contribution in [0, 0.1) is 0 Å². The molecule has 2 aliphatic rings. The maximum atomic E-state index is 5.91. The van der Waals surface area contributed by atoms with Crippen LogP contribution in [0.3, 0.4) is 0 Å². The van der Waals surface area contributed by atoms with Gasteiger partial charge >= 0.3 is 0 Å². The monoisotopic (exact) mass is 457 g/mol. The zero-order valence-electron chi connectivity index (χ0n) is 19.6. The number of nitrogens with zero attached hydrogens (tertiary/aromatic N) is 1. The molecule has 3 nitrogen and oxygen atoms in total. The summed E-state index contributed by atoms with van der Waals surface area (Å²) in [5.41, 5.74) is 8.43. The third kappa shape index (κ3) is 4.45. The Morgan fingerprint density at radius 3 is 1.57 bits per heavy atom. The van der Waals surface area contributed by atoms with Gasteiger partial charge in [-0.3, -0.25) is 0 Å². The van der Waals surface area contributed by atoms with Crippen LogP contribution in [0.4, 0.5) is 5.69 Å². The molecule has 0 radical (unpaired) electrons. The summed E-state index contributed by atoms with van der Waals surface area (Å²) in [6, 6.07) is 35.9. The Labute approximate surface area is 206 Å². The minimum Gasteiger partial charge on any atom is -0.493 e. The summed E-state index contributed by atoms with van der Waals surface area (Å²) in [5, 5.41) is 0. The van der Waals surface area contributed by atoms with E-state index in [-0.39, 0.29) is 0 Å². The molecule has 0 bridgehead atoms. The van der Waals surface area contributed by atoms with Gasteiger partial charge in [0.15, 0.2) is 0 Å². The number of benzene rings is 4. The third-order valence-corrected chi connectivity index (χ3v) is 6.59. The number of hydrogen-bond donors (Lipinski definition) is 0. The third-order valence-electron chi connectivity index (χ3n) is 6.59. The summed E-state index contributed by atoms with van der Waals surface area (Å²) in [5.74, 6) is 1.90. The summed E-state index contributed by atoms with van der Waals surface area (Å²) in [4.78, 5) is 2.27. The van der Waals surface area contributed by atoms with Gasteiger partial charge in [0.05, 0.1) is 13.2 Å². The van der Waals surface area contributed by atoms with Crippen LogP contribution < -0.4 is 14.4 Å². The van der Waals surface area contributed by atoms with Crippen LogP contribution in [0.15, 0.2) is 116 Å². The number of fused-ring (bicyclic) bond motifs is 2. The Morgan fingerprint density at radius 1 is 0.514 bits per heavy atom. The van der Waals surface area contributed by atoms with E-state index in [0.717, 1.165) is 41.2 Å². The number of hydrogen-bond acceptors (Lipinski definition) is 3. The van der Waals surface area contributed by atoms with E-state index in [4.69, 9.17) is 9.47 Å². The first kappa shape index (κ1) is 21.3. The highest BCUT2D eigenvalue weighted by molar-refractivity contribution is 5.79. The average Bonchev–Trinajstić information content (AvgIpc) is 2.94. The van der Waals surface area contributed by atoms with E-state index >= 15 is 0 Å². The fourth-order valence-corrected chi connectivity index (χ4v) is 4.77. The van der Waals surface area contributed by atoms with Gasteiger partial charge in [-0.05, 0) is 46.5 Å². The first-order chi connectivity index (χ1) is 17.3. The number of rotatable bonds is 4. The molecule has 2 aliphatic heterocycles. The normalized spacial score (nSPS) is 16.7. The molecule has 4 aromatic rings. The summed E-state index contributed by atoms with van der Waals surface area (Å²) in [6.07, 6.45) is 6.28. The largest absolute Gasteiger partial charge is 0.493 e. The van der Waals surface area contributed by atoms with Crippen molar-refractivity contribution in [2.75, 3.05) is 18.1 Å². The smallest absolute Gasteiger partial charge is 0.126 e. The fourth-order valence-electron chi connectivity index (χ4n) is 4.77. The van der Waals surface area contributed by atoms with Crippen LogP contribution >= 0.6 is 0 Å². The van der Waals surface area contributed by atoms with E-state index in [0.29, 0.717) is 13.2 Å². The second kappa shape index (κ2) is 9.55. The molecular formula is C32H27NO2. The van der Waals surface area contributed by atoms with Crippen molar-refractivity contribution in [1.82, 2.24) is 0 Å². The standard InChI is InChI=1S/C32H27NO2/c1-2-8-24(9-3-1)25-14-16-28(17-15-25)33(22-26-18-20-34-31-12-6-4-10-29(26)31)23-27-19-21-35-32-13-7-5-11-30(27)32/h1-17,22-23H,18-21H2. The fraction of sp³-hybridized carbons (Fsp3) is 0.125. The van der Waals surface area contributed by atoms with Crippen molar-refractivity contribution < 1.29 is 9.47 Å². The highest BCUT2D eigenvalue weighted by Crippen LogP contribution is 2.36. The Kier molecular flexibility index (Phi) is 5.82. The first-order valence-electron chi connectivity index (χ1n) is 12.1. The molecule has 0 saturated carbocycles. The molecular weight excluding hydrogens is 430 g/mol. The lowest BCUT2D eigenvalue weighted by molar-refractivity contribution is 0.316. The summed E-state index contributed by atoms with van der Waals surface area (Å²) < 4.78 is 11.8. The molecule has 0 aliphatic carbocycles. The molecule has 4 aromatic carbocycles. The van der Waals surface area contributed by atoms with Gasteiger partial charge < -0.3 is 14.4 Å². The van der Waals surface area contributed by atoms with Gasteiger partial charge in [-0.25, -0.2) is 0 Å². The predicted molar refractivity (Wildman–Crippen MR) is 143 cm³/mol. The van der Waals surface area contributed by atoms with Gasteiger partial charge in [-0.2, -0.15) is 0 Å². The van der Waals surface area contributed by atoms with Gasteiger partial charge in [0.1, 0.15) is 11.5 Å². The van der Waals surface area contributed by atoms with Crippen molar-refractivity contribution in [3.63, 3.8) is 0 Å². The Balaban J connectivity index is 1.43. The van der Waals surface area contributed by atoms with Crippen LogP contribution in [0.5, 0.6) is 11.5 Å².